The number of carbonyl (C=O) groups excluding carboxylic acids is 3. The van der Waals surface area contributed by atoms with Crippen molar-refractivity contribution in [3.8, 4) is 0 Å². The maximum atomic E-state index is 12.8. The van der Waals surface area contributed by atoms with E-state index in [1.807, 2.05) is 0 Å². The predicted octanol–water partition coefficient (Wildman–Crippen LogP) is 17.7. The van der Waals surface area contributed by atoms with Gasteiger partial charge >= 0.3 is 17.9 Å². The maximum absolute atomic E-state index is 12.8. The fourth-order valence-electron chi connectivity index (χ4n) is 7.78. The SMILES string of the molecule is CCCCCCCCC/C=C\C=C/CCCCCC(=O)OCC(COC(=O)CCCCCCCCCCCCCCCC)OC(=O)CCCCC/C=C\CCCCCCCCC. The Morgan fingerprint density at radius 1 is 0.323 bits per heavy atom. The van der Waals surface area contributed by atoms with Gasteiger partial charge in [0.2, 0.25) is 0 Å². The van der Waals surface area contributed by atoms with Crippen molar-refractivity contribution >= 4 is 17.9 Å². The van der Waals surface area contributed by atoms with Crippen molar-refractivity contribution in [2.75, 3.05) is 13.2 Å². The molecule has 1 atom stereocenters. The van der Waals surface area contributed by atoms with E-state index in [0.717, 1.165) is 83.5 Å². The highest BCUT2D eigenvalue weighted by molar-refractivity contribution is 5.71. The predicted molar refractivity (Wildman–Crippen MR) is 266 cm³/mol. The van der Waals surface area contributed by atoms with Crippen LogP contribution in [0.5, 0.6) is 0 Å². The monoisotopic (exact) mass is 871 g/mol. The number of esters is 3. The normalized spacial score (nSPS) is 12.2. The molecule has 362 valence electrons. The second-order valence-electron chi connectivity index (χ2n) is 18.2. The summed E-state index contributed by atoms with van der Waals surface area (Å²) in [6, 6.07) is 0. The first-order valence-electron chi connectivity index (χ1n) is 27.0. The smallest absolute Gasteiger partial charge is 0.306 e. The fraction of sp³-hybridized carbons (Fsp3) is 0.839. The van der Waals surface area contributed by atoms with Crippen molar-refractivity contribution in [3.63, 3.8) is 0 Å². The lowest BCUT2D eigenvalue weighted by molar-refractivity contribution is -0.167. The molecule has 6 nitrogen and oxygen atoms in total. The van der Waals surface area contributed by atoms with Gasteiger partial charge in [-0.05, 0) is 70.6 Å². The van der Waals surface area contributed by atoms with E-state index in [9.17, 15) is 14.4 Å². The molecule has 62 heavy (non-hydrogen) atoms. The molecule has 0 aromatic heterocycles. The number of rotatable bonds is 49. The number of carbonyl (C=O) groups is 3. The highest BCUT2D eigenvalue weighted by Crippen LogP contribution is 2.15. The van der Waals surface area contributed by atoms with Crippen molar-refractivity contribution in [3.05, 3.63) is 36.5 Å². The van der Waals surface area contributed by atoms with E-state index >= 15 is 0 Å². The Morgan fingerprint density at radius 3 is 0.919 bits per heavy atom. The molecule has 0 aromatic rings. The summed E-state index contributed by atoms with van der Waals surface area (Å²) >= 11 is 0. The van der Waals surface area contributed by atoms with Crippen LogP contribution in [-0.4, -0.2) is 37.2 Å². The third-order valence-electron chi connectivity index (χ3n) is 11.9. The van der Waals surface area contributed by atoms with E-state index in [0.29, 0.717) is 19.3 Å². The molecule has 0 rings (SSSR count). The van der Waals surface area contributed by atoms with Gasteiger partial charge in [0.05, 0.1) is 0 Å². The Bertz CT molecular complexity index is 1050. The highest BCUT2D eigenvalue weighted by atomic mass is 16.6. The molecule has 0 bridgehead atoms. The number of hydrogen-bond donors (Lipinski definition) is 0. The molecule has 0 spiro atoms. The lowest BCUT2D eigenvalue weighted by Gasteiger charge is -2.18. The van der Waals surface area contributed by atoms with E-state index in [-0.39, 0.29) is 31.1 Å². The maximum Gasteiger partial charge on any atom is 0.306 e. The topological polar surface area (TPSA) is 78.9 Å². The van der Waals surface area contributed by atoms with Gasteiger partial charge in [-0.2, -0.15) is 0 Å². The third-order valence-corrected chi connectivity index (χ3v) is 11.9. The molecule has 0 amide bonds. The Morgan fingerprint density at radius 2 is 0.581 bits per heavy atom. The van der Waals surface area contributed by atoms with Crippen LogP contribution >= 0.6 is 0 Å². The minimum absolute atomic E-state index is 0.0835. The second-order valence-corrected chi connectivity index (χ2v) is 18.2. The first kappa shape index (κ1) is 59.6. The third kappa shape index (κ3) is 48.7. The van der Waals surface area contributed by atoms with Gasteiger partial charge in [0, 0.05) is 19.3 Å². The molecule has 0 aliphatic rings. The van der Waals surface area contributed by atoms with E-state index in [4.69, 9.17) is 14.2 Å². The van der Waals surface area contributed by atoms with Gasteiger partial charge in [0.1, 0.15) is 13.2 Å². The summed E-state index contributed by atoms with van der Waals surface area (Å²) < 4.78 is 16.8. The van der Waals surface area contributed by atoms with Gasteiger partial charge in [-0.3, -0.25) is 14.4 Å². The average Bonchev–Trinajstić information content (AvgIpc) is 3.27. The van der Waals surface area contributed by atoms with Gasteiger partial charge in [-0.25, -0.2) is 0 Å². The largest absolute Gasteiger partial charge is 0.462 e. The Labute approximate surface area is 385 Å². The fourth-order valence-corrected chi connectivity index (χ4v) is 7.78. The zero-order chi connectivity index (χ0) is 45.1. The molecular formula is C56H102O6. The molecule has 0 aliphatic heterocycles. The van der Waals surface area contributed by atoms with Crippen LogP contribution in [-0.2, 0) is 28.6 Å². The number of allylic oxidation sites excluding steroid dienone is 6. The molecule has 0 N–H and O–H groups in total. The highest BCUT2D eigenvalue weighted by Gasteiger charge is 2.19. The zero-order valence-corrected chi connectivity index (χ0v) is 41.4. The first-order valence-corrected chi connectivity index (χ1v) is 27.0. The molecule has 0 fully saturated rings. The minimum atomic E-state index is -0.787. The lowest BCUT2D eigenvalue weighted by atomic mass is 10.0. The number of unbranched alkanes of at least 4 members (excludes halogenated alkanes) is 33. The molecule has 6 heteroatoms. The van der Waals surface area contributed by atoms with E-state index < -0.39 is 6.10 Å². The van der Waals surface area contributed by atoms with E-state index in [1.165, 1.54) is 161 Å². The van der Waals surface area contributed by atoms with Crippen LogP contribution in [0, 0.1) is 0 Å². The van der Waals surface area contributed by atoms with Gasteiger partial charge in [0.15, 0.2) is 6.10 Å². The Kier molecular flexibility index (Phi) is 49.3. The summed E-state index contributed by atoms with van der Waals surface area (Å²) in [6.45, 7) is 6.62. The Hall–Kier alpha value is -2.37. The average molecular weight is 871 g/mol. The second kappa shape index (κ2) is 51.3. The van der Waals surface area contributed by atoms with Gasteiger partial charge in [-0.1, -0.05) is 231 Å². The lowest BCUT2D eigenvalue weighted by Crippen LogP contribution is -2.30. The van der Waals surface area contributed by atoms with Crippen LogP contribution in [0.1, 0.15) is 284 Å². The quantitative estimate of drug-likeness (QED) is 0.0199. The van der Waals surface area contributed by atoms with Crippen molar-refractivity contribution in [2.45, 2.75) is 290 Å². The van der Waals surface area contributed by atoms with Crippen LogP contribution in [0.4, 0.5) is 0 Å². The van der Waals surface area contributed by atoms with Crippen LogP contribution in [0.25, 0.3) is 0 Å². The van der Waals surface area contributed by atoms with Crippen molar-refractivity contribution < 1.29 is 28.6 Å². The molecular weight excluding hydrogens is 769 g/mol. The molecule has 0 aromatic carbocycles. The van der Waals surface area contributed by atoms with Crippen LogP contribution in [0.2, 0.25) is 0 Å². The number of ether oxygens (including phenoxy) is 3. The summed E-state index contributed by atoms with van der Waals surface area (Å²) in [5.41, 5.74) is 0. The van der Waals surface area contributed by atoms with E-state index in [1.54, 1.807) is 0 Å². The van der Waals surface area contributed by atoms with Crippen molar-refractivity contribution in [1.82, 2.24) is 0 Å². The van der Waals surface area contributed by atoms with Crippen LogP contribution < -0.4 is 0 Å². The summed E-state index contributed by atoms with van der Waals surface area (Å²) in [4.78, 5) is 38.0. The van der Waals surface area contributed by atoms with Crippen LogP contribution in [0.3, 0.4) is 0 Å². The molecule has 0 aliphatic carbocycles. The molecule has 1 unspecified atom stereocenters. The first-order chi connectivity index (χ1) is 30.5. The van der Waals surface area contributed by atoms with Crippen molar-refractivity contribution in [2.24, 2.45) is 0 Å². The molecule has 0 heterocycles. The minimum Gasteiger partial charge on any atom is -0.462 e. The van der Waals surface area contributed by atoms with Crippen LogP contribution in [0.15, 0.2) is 36.5 Å². The molecule has 0 radical (unpaired) electrons. The van der Waals surface area contributed by atoms with Gasteiger partial charge < -0.3 is 14.2 Å². The van der Waals surface area contributed by atoms with Gasteiger partial charge in [0.25, 0.3) is 0 Å². The number of hydrogen-bond acceptors (Lipinski definition) is 6. The summed E-state index contributed by atoms with van der Waals surface area (Å²) in [7, 11) is 0. The molecule has 0 saturated heterocycles. The Balaban J connectivity index is 4.41. The summed E-state index contributed by atoms with van der Waals surface area (Å²) in [6.07, 6.45) is 59.9. The van der Waals surface area contributed by atoms with Crippen molar-refractivity contribution in [1.29, 1.82) is 0 Å². The standard InChI is InChI=1S/C56H102O6/c1-4-7-10-13-16-19-22-25-28-29-32-34-37-40-43-46-49-55(58)61-52-53(62-56(59)50-47-44-41-38-35-31-27-24-21-18-15-12-9-6-3)51-60-54(57)48-45-42-39-36-33-30-26-23-20-17-14-11-8-5-2/h28-29,31-32,34-35,53H,4-27,30,33,36-52H2,1-3H3/b29-28-,34-32-,35-31-. The summed E-state index contributed by atoms with van der Waals surface area (Å²) in [5.74, 6) is -0.915. The molecule has 0 saturated carbocycles. The van der Waals surface area contributed by atoms with Gasteiger partial charge in [-0.15, -0.1) is 0 Å². The summed E-state index contributed by atoms with van der Waals surface area (Å²) in [5, 5.41) is 0. The van der Waals surface area contributed by atoms with E-state index in [2.05, 4.69) is 57.2 Å². The zero-order valence-electron chi connectivity index (χ0n) is 41.4.